The molecule has 1 unspecified atom stereocenters. The zero-order valence-electron chi connectivity index (χ0n) is 11.9. The molecule has 2 rings (SSSR count). The van der Waals surface area contributed by atoms with Gasteiger partial charge in [0.25, 0.3) is 0 Å². The number of hydrazine groups is 2. The molecule has 1 amide bonds. The van der Waals surface area contributed by atoms with E-state index in [4.69, 9.17) is 0 Å². The number of hydrogen-bond donors (Lipinski definition) is 4. The van der Waals surface area contributed by atoms with E-state index in [2.05, 4.69) is 45.7 Å². The van der Waals surface area contributed by atoms with E-state index in [1.165, 1.54) is 5.69 Å². The van der Waals surface area contributed by atoms with E-state index in [0.29, 0.717) is 13.1 Å². The van der Waals surface area contributed by atoms with E-state index in [1.54, 1.807) is 0 Å². The fourth-order valence-corrected chi connectivity index (χ4v) is 2.21. The molecule has 20 heavy (non-hydrogen) atoms. The van der Waals surface area contributed by atoms with E-state index in [9.17, 15) is 4.79 Å². The largest absolute Gasteiger partial charge is 0.372 e. The monoisotopic (exact) mass is 277 g/mol. The van der Waals surface area contributed by atoms with Crippen LogP contribution in [0.4, 0.5) is 5.69 Å². The molecule has 1 atom stereocenters. The fourth-order valence-electron chi connectivity index (χ4n) is 2.21. The Balaban J connectivity index is 1.68. The first-order chi connectivity index (χ1) is 9.81. The van der Waals surface area contributed by atoms with Crippen molar-refractivity contribution in [3.63, 3.8) is 0 Å². The quantitative estimate of drug-likeness (QED) is 0.528. The highest BCUT2D eigenvalue weighted by Gasteiger charge is 2.20. The Morgan fingerprint density at radius 2 is 2.20 bits per heavy atom. The number of rotatable bonds is 7. The average Bonchev–Trinajstić information content (AvgIpc) is 3.02. The summed E-state index contributed by atoms with van der Waals surface area (Å²) in [7, 11) is 0. The summed E-state index contributed by atoms with van der Waals surface area (Å²) in [5, 5.41) is 2.95. The number of hydrogen-bond acceptors (Lipinski definition) is 5. The number of para-hydroxylation sites is 1. The zero-order valence-corrected chi connectivity index (χ0v) is 11.9. The molecule has 1 heterocycles. The van der Waals surface area contributed by atoms with Crippen molar-refractivity contribution in [2.45, 2.75) is 19.4 Å². The van der Waals surface area contributed by atoms with Crippen LogP contribution >= 0.6 is 0 Å². The van der Waals surface area contributed by atoms with Crippen molar-refractivity contribution in [1.82, 2.24) is 21.7 Å². The molecule has 6 nitrogen and oxygen atoms in total. The molecule has 0 spiro atoms. The summed E-state index contributed by atoms with van der Waals surface area (Å²) in [5.41, 5.74) is 9.67. The van der Waals surface area contributed by atoms with Crippen molar-refractivity contribution < 1.29 is 4.79 Å². The Morgan fingerprint density at radius 1 is 1.40 bits per heavy atom. The van der Waals surface area contributed by atoms with E-state index in [1.807, 2.05) is 18.2 Å². The number of amides is 1. The smallest absolute Gasteiger partial charge is 0.239 e. The highest BCUT2D eigenvalue weighted by atomic mass is 16.2. The van der Waals surface area contributed by atoms with Crippen LogP contribution in [0, 0.1) is 0 Å². The predicted octanol–water partition coefficient (Wildman–Crippen LogP) is 0.000200. The third-order valence-electron chi connectivity index (χ3n) is 3.36. The third-order valence-corrected chi connectivity index (χ3v) is 3.36. The van der Waals surface area contributed by atoms with Gasteiger partial charge in [-0.1, -0.05) is 18.2 Å². The Hall–Kier alpha value is -1.63. The zero-order chi connectivity index (χ0) is 14.2. The van der Waals surface area contributed by atoms with Gasteiger partial charge in [0, 0.05) is 31.9 Å². The van der Waals surface area contributed by atoms with Gasteiger partial charge in [-0.25, -0.2) is 10.9 Å². The Labute approximate surface area is 119 Å². The van der Waals surface area contributed by atoms with Crippen LogP contribution in [0.2, 0.25) is 0 Å². The Morgan fingerprint density at radius 3 is 2.85 bits per heavy atom. The van der Waals surface area contributed by atoms with Crippen molar-refractivity contribution in [1.29, 1.82) is 0 Å². The van der Waals surface area contributed by atoms with Crippen molar-refractivity contribution in [2.75, 3.05) is 31.1 Å². The predicted molar refractivity (Wildman–Crippen MR) is 80.0 cm³/mol. The first-order valence-corrected chi connectivity index (χ1v) is 7.12. The van der Waals surface area contributed by atoms with E-state index >= 15 is 0 Å². The summed E-state index contributed by atoms with van der Waals surface area (Å²) in [6.07, 6.45) is 0.933. The van der Waals surface area contributed by atoms with Gasteiger partial charge in [0.2, 0.25) is 5.91 Å². The first-order valence-electron chi connectivity index (χ1n) is 7.12. The summed E-state index contributed by atoms with van der Waals surface area (Å²) in [6, 6.07) is 10.2. The van der Waals surface area contributed by atoms with E-state index in [0.717, 1.165) is 19.5 Å². The molecule has 1 aromatic rings. The molecule has 110 valence electrons. The second kappa shape index (κ2) is 7.84. The van der Waals surface area contributed by atoms with Gasteiger partial charge in [-0.2, -0.15) is 5.53 Å². The molecular weight excluding hydrogens is 254 g/mol. The van der Waals surface area contributed by atoms with Crippen molar-refractivity contribution >= 4 is 11.6 Å². The second-order valence-electron chi connectivity index (χ2n) is 4.76. The summed E-state index contributed by atoms with van der Waals surface area (Å²) < 4.78 is 0. The molecule has 1 fully saturated rings. The maximum absolute atomic E-state index is 11.8. The van der Waals surface area contributed by atoms with Crippen molar-refractivity contribution in [3.8, 4) is 0 Å². The van der Waals surface area contributed by atoms with Gasteiger partial charge in [-0.15, -0.1) is 0 Å². The SMILES string of the molecule is CCN(CCCNC(=O)C1CNNN1)c1ccccc1. The van der Waals surface area contributed by atoms with Gasteiger partial charge >= 0.3 is 0 Å². The lowest BCUT2D eigenvalue weighted by molar-refractivity contribution is -0.122. The summed E-state index contributed by atoms with van der Waals surface area (Å²) >= 11 is 0. The standard InChI is InChI=1S/C14H23N5O/c1-2-19(12-7-4-3-5-8-12)10-6-9-15-14(20)13-11-16-18-17-13/h3-5,7-8,13,16-18H,2,6,9-11H2,1H3,(H,15,20). The van der Waals surface area contributed by atoms with Gasteiger partial charge < -0.3 is 10.2 Å². The summed E-state index contributed by atoms with van der Waals surface area (Å²) in [6.45, 7) is 5.36. The molecule has 1 aliphatic heterocycles. The Bertz CT molecular complexity index is 405. The average molecular weight is 277 g/mol. The fraction of sp³-hybridized carbons (Fsp3) is 0.500. The minimum absolute atomic E-state index is 0.0326. The molecule has 6 heteroatoms. The number of nitrogens with one attached hydrogen (secondary N) is 4. The van der Waals surface area contributed by atoms with E-state index in [-0.39, 0.29) is 11.9 Å². The number of carbonyl (C=O) groups is 1. The number of benzene rings is 1. The summed E-state index contributed by atoms with van der Waals surface area (Å²) in [5.74, 6) is 0.0326. The second-order valence-corrected chi connectivity index (χ2v) is 4.76. The Kier molecular flexibility index (Phi) is 5.79. The van der Waals surface area contributed by atoms with Gasteiger partial charge in [-0.05, 0) is 25.5 Å². The lowest BCUT2D eigenvalue weighted by Crippen LogP contribution is -2.45. The van der Waals surface area contributed by atoms with Crippen LogP contribution < -0.4 is 26.6 Å². The number of anilines is 1. The van der Waals surface area contributed by atoms with E-state index < -0.39 is 0 Å². The molecule has 1 saturated heterocycles. The third kappa shape index (κ3) is 4.19. The van der Waals surface area contributed by atoms with Crippen LogP contribution in [0.3, 0.4) is 0 Å². The topological polar surface area (TPSA) is 68.4 Å². The maximum Gasteiger partial charge on any atom is 0.239 e. The lowest BCUT2D eigenvalue weighted by Gasteiger charge is -2.23. The highest BCUT2D eigenvalue weighted by molar-refractivity contribution is 5.82. The van der Waals surface area contributed by atoms with Crippen LogP contribution in [-0.4, -0.2) is 38.1 Å². The molecule has 1 aliphatic rings. The molecule has 0 bridgehead atoms. The number of nitrogens with zero attached hydrogens (tertiary/aromatic N) is 1. The highest BCUT2D eigenvalue weighted by Crippen LogP contribution is 2.12. The van der Waals surface area contributed by atoms with Gasteiger partial charge in [0.15, 0.2) is 0 Å². The van der Waals surface area contributed by atoms with Gasteiger partial charge in [-0.3, -0.25) is 4.79 Å². The van der Waals surface area contributed by atoms with Crippen molar-refractivity contribution in [3.05, 3.63) is 30.3 Å². The summed E-state index contributed by atoms with van der Waals surface area (Å²) in [4.78, 5) is 14.1. The first kappa shape index (κ1) is 14.8. The van der Waals surface area contributed by atoms with Gasteiger partial charge in [0.05, 0.1) is 0 Å². The van der Waals surface area contributed by atoms with Crippen LogP contribution in [0.25, 0.3) is 0 Å². The van der Waals surface area contributed by atoms with Gasteiger partial charge in [0.1, 0.15) is 6.04 Å². The molecule has 0 saturated carbocycles. The molecule has 0 aliphatic carbocycles. The van der Waals surface area contributed by atoms with Crippen LogP contribution in [0.15, 0.2) is 30.3 Å². The number of carbonyl (C=O) groups excluding carboxylic acids is 1. The van der Waals surface area contributed by atoms with Crippen LogP contribution in [0.1, 0.15) is 13.3 Å². The normalized spacial score (nSPS) is 17.9. The molecule has 0 radical (unpaired) electrons. The van der Waals surface area contributed by atoms with Crippen LogP contribution in [0.5, 0.6) is 0 Å². The maximum atomic E-state index is 11.8. The lowest BCUT2D eigenvalue weighted by atomic mass is 10.2. The molecule has 0 aromatic heterocycles. The van der Waals surface area contributed by atoms with Crippen molar-refractivity contribution in [2.24, 2.45) is 0 Å². The van der Waals surface area contributed by atoms with Crippen LogP contribution in [-0.2, 0) is 4.79 Å². The minimum atomic E-state index is -0.189. The molecule has 4 N–H and O–H groups in total. The molecular formula is C14H23N5O. The minimum Gasteiger partial charge on any atom is -0.372 e. The molecule has 1 aromatic carbocycles.